The van der Waals surface area contributed by atoms with Crippen molar-refractivity contribution in [3.05, 3.63) is 64.7 Å². The molecule has 0 saturated heterocycles. The molecule has 0 amide bonds. The molecule has 4 rings (SSSR count). The van der Waals surface area contributed by atoms with E-state index >= 15 is 0 Å². The summed E-state index contributed by atoms with van der Waals surface area (Å²) in [6, 6.07) is 15.3. The first-order valence-corrected chi connectivity index (χ1v) is 7.94. The van der Waals surface area contributed by atoms with Gasteiger partial charge in [-0.05, 0) is 66.6 Å². The molecule has 2 aromatic carbocycles. The van der Waals surface area contributed by atoms with Gasteiger partial charge >= 0.3 is 0 Å². The van der Waals surface area contributed by atoms with Gasteiger partial charge in [-0.1, -0.05) is 30.3 Å². The number of aryl methyl sites for hydroxylation is 2. The molecule has 1 unspecified atom stereocenters. The number of rotatable bonds is 1. The van der Waals surface area contributed by atoms with Gasteiger partial charge in [0.1, 0.15) is 5.75 Å². The van der Waals surface area contributed by atoms with Crippen molar-refractivity contribution in [3.63, 3.8) is 0 Å². The smallest absolute Gasteiger partial charge is 0.115 e. The van der Waals surface area contributed by atoms with Crippen molar-refractivity contribution in [3.8, 4) is 5.75 Å². The summed E-state index contributed by atoms with van der Waals surface area (Å²) in [7, 11) is 0. The van der Waals surface area contributed by atoms with E-state index in [1.807, 2.05) is 12.1 Å². The molecule has 0 saturated carbocycles. The third-order valence-corrected chi connectivity index (χ3v) is 5.00. The molecule has 0 radical (unpaired) electrons. The molecule has 1 heterocycles. The van der Waals surface area contributed by atoms with Crippen LogP contribution < -0.4 is 0 Å². The number of phenols is 1. The van der Waals surface area contributed by atoms with Gasteiger partial charge < -0.3 is 5.11 Å². The molecule has 1 aliphatic heterocycles. The molecular weight excluding hydrogens is 258 g/mol. The summed E-state index contributed by atoms with van der Waals surface area (Å²) < 4.78 is 0. The van der Waals surface area contributed by atoms with Crippen LogP contribution in [0.5, 0.6) is 5.75 Å². The lowest BCUT2D eigenvalue weighted by Gasteiger charge is -2.28. The van der Waals surface area contributed by atoms with Crippen LogP contribution >= 0.6 is 0 Å². The average molecular weight is 279 g/mol. The Bertz CT molecular complexity index is 664. The fraction of sp³-hybridized carbons (Fsp3) is 0.368. The van der Waals surface area contributed by atoms with Gasteiger partial charge in [0.05, 0.1) is 0 Å². The first-order chi connectivity index (χ1) is 10.3. The third-order valence-electron chi connectivity index (χ3n) is 5.00. The Labute approximate surface area is 126 Å². The fourth-order valence-electron chi connectivity index (χ4n) is 3.95. The normalized spacial score (nSPS) is 21.6. The Kier molecular flexibility index (Phi) is 3.19. The Balaban J connectivity index is 1.64. The minimum Gasteiger partial charge on any atom is -0.508 e. The lowest BCUT2D eigenvalue weighted by Crippen LogP contribution is -2.27. The topological polar surface area (TPSA) is 23.5 Å². The zero-order valence-electron chi connectivity index (χ0n) is 12.3. The van der Waals surface area contributed by atoms with E-state index in [2.05, 4.69) is 35.2 Å². The third kappa shape index (κ3) is 2.34. The summed E-state index contributed by atoms with van der Waals surface area (Å²) in [6.45, 7) is 2.22. The number of aromatic hydroxyl groups is 1. The van der Waals surface area contributed by atoms with Gasteiger partial charge in [-0.3, -0.25) is 4.90 Å². The molecule has 21 heavy (non-hydrogen) atoms. The summed E-state index contributed by atoms with van der Waals surface area (Å²) in [5.41, 5.74) is 5.76. The summed E-state index contributed by atoms with van der Waals surface area (Å²) in [5.74, 6) is 0.399. The molecule has 108 valence electrons. The second kappa shape index (κ2) is 5.19. The van der Waals surface area contributed by atoms with Gasteiger partial charge in [0.15, 0.2) is 0 Å². The summed E-state index contributed by atoms with van der Waals surface area (Å²) >= 11 is 0. The first-order valence-electron chi connectivity index (χ1n) is 7.94. The number of fused-ring (bicyclic) bond motifs is 2. The van der Waals surface area contributed by atoms with Crippen LogP contribution in [0, 0.1) is 0 Å². The maximum atomic E-state index is 9.65. The lowest BCUT2D eigenvalue weighted by atomic mass is 10.0. The van der Waals surface area contributed by atoms with E-state index in [9.17, 15) is 5.11 Å². The minimum absolute atomic E-state index is 0.399. The van der Waals surface area contributed by atoms with Crippen LogP contribution in [-0.4, -0.2) is 16.6 Å². The molecule has 0 bridgehead atoms. The van der Waals surface area contributed by atoms with Crippen molar-refractivity contribution in [2.75, 3.05) is 6.54 Å². The van der Waals surface area contributed by atoms with E-state index < -0.39 is 0 Å². The molecule has 1 atom stereocenters. The van der Waals surface area contributed by atoms with Gasteiger partial charge in [-0.2, -0.15) is 0 Å². The van der Waals surface area contributed by atoms with Crippen LogP contribution in [0.2, 0.25) is 0 Å². The monoisotopic (exact) mass is 279 g/mol. The van der Waals surface area contributed by atoms with Crippen molar-refractivity contribution >= 4 is 0 Å². The van der Waals surface area contributed by atoms with Gasteiger partial charge in [0, 0.05) is 12.6 Å². The van der Waals surface area contributed by atoms with E-state index in [1.54, 1.807) is 0 Å². The zero-order valence-corrected chi connectivity index (χ0v) is 12.3. The molecule has 1 N–H and O–H groups in total. The van der Waals surface area contributed by atoms with Crippen molar-refractivity contribution in [1.82, 2.24) is 4.90 Å². The van der Waals surface area contributed by atoms with E-state index in [0.717, 1.165) is 13.0 Å². The summed E-state index contributed by atoms with van der Waals surface area (Å²) in [4.78, 5) is 2.63. The highest BCUT2D eigenvalue weighted by atomic mass is 16.3. The quantitative estimate of drug-likeness (QED) is 0.857. The second-order valence-corrected chi connectivity index (χ2v) is 6.28. The lowest BCUT2D eigenvalue weighted by molar-refractivity contribution is 0.190. The second-order valence-electron chi connectivity index (χ2n) is 6.28. The number of phenolic OH excluding ortho intramolecular Hbond substituents is 1. The van der Waals surface area contributed by atoms with Crippen LogP contribution in [0.25, 0.3) is 0 Å². The minimum atomic E-state index is 0.399. The number of hydrogen-bond acceptors (Lipinski definition) is 2. The highest BCUT2D eigenvalue weighted by molar-refractivity contribution is 5.40. The molecule has 2 aliphatic rings. The molecular formula is C19H21NO. The summed E-state index contributed by atoms with van der Waals surface area (Å²) in [5, 5.41) is 9.65. The van der Waals surface area contributed by atoms with Crippen molar-refractivity contribution in [2.45, 2.75) is 38.3 Å². The van der Waals surface area contributed by atoms with Gasteiger partial charge in [0.25, 0.3) is 0 Å². The number of benzene rings is 2. The van der Waals surface area contributed by atoms with Crippen molar-refractivity contribution < 1.29 is 5.11 Å². The van der Waals surface area contributed by atoms with Crippen LogP contribution in [0.15, 0.2) is 42.5 Å². The van der Waals surface area contributed by atoms with Gasteiger partial charge in [-0.25, -0.2) is 0 Å². The maximum absolute atomic E-state index is 9.65. The Morgan fingerprint density at radius 2 is 1.81 bits per heavy atom. The zero-order chi connectivity index (χ0) is 14.2. The predicted octanol–water partition coefficient (Wildman–Crippen LogP) is 3.83. The Morgan fingerprint density at radius 3 is 2.71 bits per heavy atom. The van der Waals surface area contributed by atoms with Crippen LogP contribution in [0.1, 0.15) is 41.1 Å². The maximum Gasteiger partial charge on any atom is 0.115 e. The number of hydrogen-bond donors (Lipinski definition) is 1. The average Bonchev–Trinajstić information content (AvgIpc) is 2.78. The van der Waals surface area contributed by atoms with Crippen molar-refractivity contribution in [1.29, 1.82) is 0 Å². The number of nitrogens with zero attached hydrogens (tertiary/aromatic N) is 1. The molecule has 0 spiro atoms. The van der Waals surface area contributed by atoms with Gasteiger partial charge in [-0.15, -0.1) is 0 Å². The molecule has 2 nitrogen and oxygen atoms in total. The van der Waals surface area contributed by atoms with E-state index in [0.29, 0.717) is 11.8 Å². The predicted molar refractivity (Wildman–Crippen MR) is 84.3 cm³/mol. The van der Waals surface area contributed by atoms with Crippen LogP contribution in [0.4, 0.5) is 0 Å². The standard InChI is InChI=1S/C19H21NO/c21-17-8-9-18-15(12-17)7-10-19(18)20-11-3-6-14-4-1-2-5-16(14)13-20/h1-2,4-5,8-9,12,19,21H,3,6-7,10-11,13H2. The van der Waals surface area contributed by atoms with E-state index in [4.69, 9.17) is 0 Å². The summed E-state index contributed by atoms with van der Waals surface area (Å²) in [6.07, 6.45) is 4.70. The highest BCUT2D eigenvalue weighted by Crippen LogP contribution is 2.39. The Hall–Kier alpha value is -1.80. The first kappa shape index (κ1) is 12.9. The molecule has 0 aromatic heterocycles. The van der Waals surface area contributed by atoms with Gasteiger partial charge in [0.2, 0.25) is 0 Å². The Morgan fingerprint density at radius 1 is 0.952 bits per heavy atom. The molecule has 2 heteroatoms. The van der Waals surface area contributed by atoms with Crippen molar-refractivity contribution in [2.24, 2.45) is 0 Å². The molecule has 1 aliphatic carbocycles. The highest BCUT2D eigenvalue weighted by Gasteiger charge is 2.29. The SMILES string of the molecule is Oc1ccc2c(c1)CCC2N1CCCc2ccccc2C1. The fourth-order valence-corrected chi connectivity index (χ4v) is 3.95. The molecule has 0 fully saturated rings. The van der Waals surface area contributed by atoms with Crippen LogP contribution in [-0.2, 0) is 19.4 Å². The molecule has 2 aromatic rings. The van der Waals surface area contributed by atoms with Crippen LogP contribution in [0.3, 0.4) is 0 Å². The van der Waals surface area contributed by atoms with E-state index in [1.165, 1.54) is 48.1 Å². The van der Waals surface area contributed by atoms with E-state index in [-0.39, 0.29) is 0 Å². The largest absolute Gasteiger partial charge is 0.508 e.